The number of hydrogen-bond acceptors (Lipinski definition) is 5. The number of para-hydroxylation sites is 1. The van der Waals surface area contributed by atoms with Crippen LogP contribution in [-0.2, 0) is 32.8 Å². The van der Waals surface area contributed by atoms with Crippen LogP contribution >= 0.6 is 11.6 Å². The highest BCUT2D eigenvalue weighted by Gasteiger charge is 2.70. The van der Waals surface area contributed by atoms with Crippen LogP contribution in [0.5, 0.6) is 5.75 Å². The predicted molar refractivity (Wildman–Crippen MR) is 134 cm³/mol. The van der Waals surface area contributed by atoms with Crippen molar-refractivity contribution in [1.82, 2.24) is 10.2 Å². The number of aromatic hydroxyl groups is 1. The number of carbonyl (C=O) groups is 3. The lowest BCUT2D eigenvalue weighted by Crippen LogP contribution is -2.53. The van der Waals surface area contributed by atoms with E-state index in [9.17, 15) is 19.5 Å². The Balaban J connectivity index is 1.40. The van der Waals surface area contributed by atoms with Crippen molar-refractivity contribution in [3.05, 3.63) is 94.5 Å². The molecule has 0 aliphatic carbocycles. The van der Waals surface area contributed by atoms with Crippen molar-refractivity contribution in [3.63, 3.8) is 0 Å². The summed E-state index contributed by atoms with van der Waals surface area (Å²) in [5.74, 6) is -2.44. The zero-order valence-corrected chi connectivity index (χ0v) is 20.0. The second-order valence-electron chi connectivity index (χ2n) is 9.61. The lowest BCUT2D eigenvalue weighted by Gasteiger charge is -2.29. The average Bonchev–Trinajstić information content (AvgIpc) is 3.45. The van der Waals surface area contributed by atoms with E-state index in [0.29, 0.717) is 29.1 Å². The largest absolute Gasteiger partial charge is 0.508 e. The number of rotatable bonds is 5. The van der Waals surface area contributed by atoms with Crippen molar-refractivity contribution in [2.45, 2.75) is 24.4 Å². The molecule has 0 aromatic heterocycles. The van der Waals surface area contributed by atoms with Gasteiger partial charge in [-0.05, 0) is 42.2 Å². The number of carbonyl (C=O) groups excluding carboxylic acids is 3. The number of anilines is 1. The van der Waals surface area contributed by atoms with Gasteiger partial charge in [-0.3, -0.25) is 24.6 Å². The molecule has 3 aliphatic heterocycles. The van der Waals surface area contributed by atoms with Crippen molar-refractivity contribution < 1.29 is 19.5 Å². The summed E-state index contributed by atoms with van der Waals surface area (Å²) in [6, 6.07) is 21.2. The molecule has 0 radical (unpaired) electrons. The molecule has 4 atom stereocenters. The van der Waals surface area contributed by atoms with Crippen molar-refractivity contribution in [2.24, 2.45) is 11.8 Å². The quantitative estimate of drug-likeness (QED) is 0.466. The Bertz CT molecular complexity index is 1380. The van der Waals surface area contributed by atoms with E-state index in [-0.39, 0.29) is 30.0 Å². The second-order valence-corrected chi connectivity index (χ2v) is 10.0. The van der Waals surface area contributed by atoms with Crippen LogP contribution in [0.1, 0.15) is 16.7 Å². The molecule has 3 amide bonds. The number of imide groups is 1. The fourth-order valence-electron chi connectivity index (χ4n) is 6.02. The van der Waals surface area contributed by atoms with Gasteiger partial charge >= 0.3 is 0 Å². The van der Waals surface area contributed by atoms with Gasteiger partial charge in [0.25, 0.3) is 0 Å². The summed E-state index contributed by atoms with van der Waals surface area (Å²) in [5, 5.41) is 16.3. The standard InChI is InChI=1S/C28H24ClN3O4/c29-20-8-4-7-19-24(20)30-27(36)28(19)23-22(21(31-28)15-17-9-11-18(33)12-10-17)25(34)32(26(23)35)14-13-16-5-2-1-3-6-16/h1-12,21-23,31,33H,13-15H2,(H,30,36). The highest BCUT2D eigenvalue weighted by Crippen LogP contribution is 2.54. The molecular formula is C28H24ClN3O4. The number of hydrogen-bond donors (Lipinski definition) is 3. The number of phenols is 1. The first kappa shape index (κ1) is 22.8. The van der Waals surface area contributed by atoms with Gasteiger partial charge in [0, 0.05) is 18.2 Å². The smallest absolute Gasteiger partial charge is 0.250 e. The lowest BCUT2D eigenvalue weighted by atomic mass is 9.76. The Hall–Kier alpha value is -3.68. The molecule has 8 heteroatoms. The maximum atomic E-state index is 13.9. The molecule has 4 unspecified atom stereocenters. The first-order chi connectivity index (χ1) is 17.4. The molecule has 3 N–H and O–H groups in total. The van der Waals surface area contributed by atoms with Crippen LogP contribution in [0.4, 0.5) is 5.69 Å². The summed E-state index contributed by atoms with van der Waals surface area (Å²) in [4.78, 5) is 42.6. The number of benzene rings is 3. The lowest BCUT2D eigenvalue weighted by molar-refractivity contribution is -0.142. The third-order valence-corrected chi connectivity index (χ3v) is 7.96. The van der Waals surface area contributed by atoms with Gasteiger partial charge in [0.05, 0.1) is 22.5 Å². The van der Waals surface area contributed by atoms with Gasteiger partial charge in [0.15, 0.2) is 0 Å². The van der Waals surface area contributed by atoms with Crippen molar-refractivity contribution >= 4 is 35.0 Å². The molecule has 3 aromatic carbocycles. The predicted octanol–water partition coefficient (Wildman–Crippen LogP) is 3.25. The highest BCUT2D eigenvalue weighted by molar-refractivity contribution is 6.35. The third-order valence-electron chi connectivity index (χ3n) is 7.65. The zero-order chi connectivity index (χ0) is 25.0. The zero-order valence-electron chi connectivity index (χ0n) is 19.3. The molecule has 6 rings (SSSR count). The molecule has 3 aromatic rings. The fraction of sp³-hybridized carbons (Fsp3) is 0.250. The van der Waals surface area contributed by atoms with Crippen LogP contribution in [0, 0.1) is 11.8 Å². The van der Waals surface area contributed by atoms with Crippen LogP contribution in [0.25, 0.3) is 0 Å². The van der Waals surface area contributed by atoms with Gasteiger partial charge in [0.2, 0.25) is 17.7 Å². The number of nitrogens with one attached hydrogen (secondary N) is 2. The Morgan fingerprint density at radius 3 is 2.39 bits per heavy atom. The van der Waals surface area contributed by atoms with Crippen molar-refractivity contribution in [1.29, 1.82) is 0 Å². The molecule has 0 bridgehead atoms. The van der Waals surface area contributed by atoms with Crippen molar-refractivity contribution in [2.75, 3.05) is 11.9 Å². The molecule has 182 valence electrons. The summed E-state index contributed by atoms with van der Waals surface area (Å²) in [7, 11) is 0. The van der Waals surface area contributed by atoms with Crippen molar-refractivity contribution in [3.8, 4) is 5.75 Å². The van der Waals surface area contributed by atoms with E-state index in [4.69, 9.17) is 11.6 Å². The normalized spacial score (nSPS) is 26.4. The summed E-state index contributed by atoms with van der Waals surface area (Å²) < 4.78 is 0. The first-order valence-corrected chi connectivity index (χ1v) is 12.3. The minimum Gasteiger partial charge on any atom is -0.508 e. The van der Waals surface area contributed by atoms with Crippen LogP contribution in [0.3, 0.4) is 0 Å². The number of likely N-dealkylation sites (tertiary alicyclic amines) is 1. The Morgan fingerprint density at radius 2 is 1.64 bits per heavy atom. The molecule has 2 fully saturated rings. The topological polar surface area (TPSA) is 98.7 Å². The summed E-state index contributed by atoms with van der Waals surface area (Å²) >= 11 is 6.40. The molecule has 0 saturated carbocycles. The second kappa shape index (κ2) is 8.47. The van der Waals surface area contributed by atoms with E-state index < -0.39 is 23.4 Å². The van der Waals surface area contributed by atoms with Gasteiger partial charge in [-0.25, -0.2) is 0 Å². The maximum Gasteiger partial charge on any atom is 0.250 e. The Kier molecular flexibility index (Phi) is 5.35. The molecular weight excluding hydrogens is 478 g/mol. The van der Waals surface area contributed by atoms with Crippen LogP contribution < -0.4 is 10.6 Å². The SMILES string of the molecule is O=C1C2C(Cc3ccc(O)cc3)NC3(C(=O)Nc4c(Cl)cccc43)C2C(=O)N1CCc1ccccc1. The van der Waals surface area contributed by atoms with E-state index in [1.54, 1.807) is 42.5 Å². The Labute approximate surface area is 213 Å². The third kappa shape index (κ3) is 3.34. The van der Waals surface area contributed by atoms with Crippen LogP contribution in [0.15, 0.2) is 72.8 Å². The molecule has 3 aliphatic rings. The van der Waals surface area contributed by atoms with E-state index in [0.717, 1.165) is 11.1 Å². The summed E-state index contributed by atoms with van der Waals surface area (Å²) in [5.41, 5.74) is 1.59. The Morgan fingerprint density at radius 1 is 0.889 bits per heavy atom. The summed E-state index contributed by atoms with van der Waals surface area (Å²) in [6.45, 7) is 0.251. The monoisotopic (exact) mass is 501 g/mol. The molecule has 36 heavy (non-hydrogen) atoms. The molecule has 7 nitrogen and oxygen atoms in total. The number of phenolic OH excluding ortho intramolecular Hbond substituents is 1. The number of amides is 3. The van der Waals surface area contributed by atoms with Gasteiger partial charge in [-0.15, -0.1) is 0 Å². The molecule has 1 spiro atoms. The van der Waals surface area contributed by atoms with Gasteiger partial charge in [-0.2, -0.15) is 0 Å². The minimum atomic E-state index is -1.39. The maximum absolute atomic E-state index is 13.9. The average molecular weight is 502 g/mol. The van der Waals surface area contributed by atoms with E-state index in [1.165, 1.54) is 4.90 Å². The first-order valence-electron chi connectivity index (χ1n) is 12.0. The van der Waals surface area contributed by atoms with Gasteiger partial charge in [-0.1, -0.05) is 66.2 Å². The molecule has 3 heterocycles. The summed E-state index contributed by atoms with van der Waals surface area (Å²) in [6.07, 6.45) is 0.952. The number of nitrogens with zero attached hydrogens (tertiary/aromatic N) is 1. The van der Waals surface area contributed by atoms with E-state index >= 15 is 0 Å². The van der Waals surface area contributed by atoms with Gasteiger partial charge in [0.1, 0.15) is 11.3 Å². The van der Waals surface area contributed by atoms with E-state index in [1.807, 2.05) is 30.3 Å². The fourth-order valence-corrected chi connectivity index (χ4v) is 6.24. The van der Waals surface area contributed by atoms with E-state index in [2.05, 4.69) is 10.6 Å². The number of fused-ring (bicyclic) bond motifs is 4. The molecule has 2 saturated heterocycles. The van der Waals surface area contributed by atoms with Crippen LogP contribution in [0.2, 0.25) is 5.02 Å². The highest BCUT2D eigenvalue weighted by atomic mass is 35.5. The minimum absolute atomic E-state index is 0.144. The van der Waals surface area contributed by atoms with Crippen LogP contribution in [-0.4, -0.2) is 40.3 Å². The number of halogens is 1. The van der Waals surface area contributed by atoms with Gasteiger partial charge < -0.3 is 10.4 Å².